The lowest BCUT2D eigenvalue weighted by Gasteiger charge is -1.84. The Labute approximate surface area is 80.1 Å². The largest absolute Gasteiger partial charge is 0.410 e. The predicted molar refractivity (Wildman–Crippen MR) is 45.6 cm³/mol. The Balaban J connectivity index is 2.50. The molecule has 0 bridgehead atoms. The van der Waals surface area contributed by atoms with Gasteiger partial charge in [0.25, 0.3) is 10.7 Å². The van der Waals surface area contributed by atoms with Crippen molar-refractivity contribution in [3.63, 3.8) is 0 Å². The second-order valence-electron chi connectivity index (χ2n) is 2.05. The highest BCUT2D eigenvalue weighted by molar-refractivity contribution is 9.10. The summed E-state index contributed by atoms with van der Waals surface area (Å²) >= 11 is 4.30. The van der Waals surface area contributed by atoms with Crippen LogP contribution in [0.4, 0.5) is 0 Å². The van der Waals surface area contributed by atoms with E-state index < -0.39 is 0 Å². The first kappa shape index (κ1) is 7.81. The fraction of sp³-hybridized carbons (Fsp3) is 0.200. The van der Waals surface area contributed by atoms with E-state index in [9.17, 15) is 0 Å². The van der Waals surface area contributed by atoms with Gasteiger partial charge in [-0.15, -0.1) is 15.3 Å². The zero-order chi connectivity index (χ0) is 8.55. The molecule has 0 unspecified atom stereocenters. The molecule has 0 aliphatic heterocycles. The molecule has 2 rings (SSSR count). The molecule has 0 atom stereocenters. The van der Waals surface area contributed by atoms with Crippen molar-refractivity contribution in [2.75, 3.05) is 0 Å². The fourth-order valence-corrected chi connectivity index (χ4v) is 1.54. The van der Waals surface area contributed by atoms with Crippen LogP contribution in [0.25, 0.3) is 10.8 Å². The van der Waals surface area contributed by atoms with Gasteiger partial charge in [0.2, 0.25) is 0 Å². The minimum atomic E-state index is 0.366. The molecule has 62 valence electrons. The molecule has 0 aromatic carbocycles. The summed E-state index contributed by atoms with van der Waals surface area (Å²) in [5.41, 5.74) is 0.802. The summed E-state index contributed by atoms with van der Waals surface area (Å²) in [6.45, 7) is 1.84. The van der Waals surface area contributed by atoms with E-state index in [4.69, 9.17) is 4.42 Å². The van der Waals surface area contributed by atoms with E-state index in [2.05, 4.69) is 35.7 Å². The third kappa shape index (κ3) is 1.25. The second-order valence-corrected chi connectivity index (χ2v) is 3.48. The van der Waals surface area contributed by atoms with E-state index in [1.54, 1.807) is 0 Å². The molecule has 0 fully saturated rings. The highest BCUT2D eigenvalue weighted by Gasteiger charge is 2.12. The molecule has 7 heteroatoms. The maximum Gasteiger partial charge on any atom is 0.285 e. The molecule has 2 aromatic rings. The van der Waals surface area contributed by atoms with Crippen molar-refractivity contribution in [1.29, 1.82) is 0 Å². The van der Waals surface area contributed by atoms with Crippen LogP contribution < -0.4 is 0 Å². The summed E-state index contributed by atoms with van der Waals surface area (Å²) in [5.74, 6) is 0.453. The molecule has 0 N–H and O–H groups in total. The first-order valence-corrected chi connectivity index (χ1v) is 4.62. The molecule has 0 radical (unpaired) electrons. The van der Waals surface area contributed by atoms with Crippen LogP contribution in [0.2, 0.25) is 0 Å². The maximum atomic E-state index is 5.13. The Morgan fingerprint density at radius 3 is 2.67 bits per heavy atom. The van der Waals surface area contributed by atoms with Crippen LogP contribution in [0.15, 0.2) is 9.22 Å². The molecule has 2 heterocycles. The minimum Gasteiger partial charge on any atom is -0.410 e. The lowest BCUT2D eigenvalue weighted by molar-refractivity contribution is 0.541. The standard InChI is InChI=1S/C5H3BrN4OS/c1-2-3(12-10-7-2)4-8-9-5(6)11-4/h1H3. The molecule has 0 aliphatic carbocycles. The van der Waals surface area contributed by atoms with E-state index in [0.29, 0.717) is 10.7 Å². The second kappa shape index (κ2) is 2.91. The van der Waals surface area contributed by atoms with Crippen LogP contribution in [0.3, 0.4) is 0 Å². The summed E-state index contributed by atoms with van der Waals surface area (Å²) < 4.78 is 8.89. The SMILES string of the molecule is Cc1nnsc1-c1nnc(Br)o1. The number of hydrogen-bond acceptors (Lipinski definition) is 6. The number of nitrogens with zero attached hydrogens (tertiary/aromatic N) is 4. The third-order valence-corrected chi connectivity index (χ3v) is 2.38. The topological polar surface area (TPSA) is 64.7 Å². The van der Waals surface area contributed by atoms with Crippen LogP contribution in [-0.2, 0) is 0 Å². The van der Waals surface area contributed by atoms with Gasteiger partial charge in [-0.05, 0) is 18.5 Å². The molecule has 2 aromatic heterocycles. The molecular formula is C5H3BrN4OS. The van der Waals surface area contributed by atoms with Gasteiger partial charge in [-0.2, -0.15) is 0 Å². The molecule has 0 aliphatic rings. The molecule has 0 saturated heterocycles. The average Bonchev–Trinajstić information content (AvgIpc) is 2.58. The summed E-state index contributed by atoms with van der Waals surface area (Å²) in [7, 11) is 0. The average molecular weight is 247 g/mol. The Kier molecular flexibility index (Phi) is 1.89. The van der Waals surface area contributed by atoms with Crippen LogP contribution in [0.1, 0.15) is 5.69 Å². The van der Waals surface area contributed by atoms with Gasteiger partial charge in [0, 0.05) is 15.9 Å². The van der Waals surface area contributed by atoms with Gasteiger partial charge >= 0.3 is 0 Å². The van der Waals surface area contributed by atoms with Crippen molar-refractivity contribution in [2.45, 2.75) is 6.92 Å². The lowest BCUT2D eigenvalue weighted by Crippen LogP contribution is -1.77. The summed E-state index contributed by atoms with van der Waals surface area (Å²) in [4.78, 5) is 1.18. The van der Waals surface area contributed by atoms with Gasteiger partial charge in [0.1, 0.15) is 4.88 Å². The lowest BCUT2D eigenvalue weighted by atomic mass is 10.4. The van der Waals surface area contributed by atoms with Gasteiger partial charge in [-0.3, -0.25) is 0 Å². The molecular weight excluding hydrogens is 244 g/mol. The Hall–Kier alpha value is -0.820. The van der Waals surface area contributed by atoms with Gasteiger partial charge < -0.3 is 4.42 Å². The maximum absolute atomic E-state index is 5.13. The van der Waals surface area contributed by atoms with E-state index in [-0.39, 0.29) is 0 Å². The van der Waals surface area contributed by atoms with Crippen molar-refractivity contribution < 1.29 is 4.42 Å². The highest BCUT2D eigenvalue weighted by Crippen LogP contribution is 2.24. The van der Waals surface area contributed by atoms with Crippen LogP contribution in [-0.4, -0.2) is 19.8 Å². The van der Waals surface area contributed by atoms with Crippen LogP contribution in [0, 0.1) is 6.92 Å². The van der Waals surface area contributed by atoms with Gasteiger partial charge in [-0.1, -0.05) is 4.49 Å². The third-order valence-electron chi connectivity index (χ3n) is 1.25. The molecule has 0 amide bonds. The van der Waals surface area contributed by atoms with Crippen molar-refractivity contribution in [1.82, 2.24) is 19.8 Å². The Morgan fingerprint density at radius 1 is 1.33 bits per heavy atom. The van der Waals surface area contributed by atoms with Crippen molar-refractivity contribution in [3.05, 3.63) is 10.5 Å². The highest BCUT2D eigenvalue weighted by atomic mass is 79.9. The van der Waals surface area contributed by atoms with Gasteiger partial charge in [0.15, 0.2) is 0 Å². The smallest absolute Gasteiger partial charge is 0.285 e. The molecule has 5 nitrogen and oxygen atoms in total. The first-order valence-electron chi connectivity index (χ1n) is 3.05. The number of hydrogen-bond donors (Lipinski definition) is 0. The Morgan fingerprint density at radius 2 is 2.17 bits per heavy atom. The fourth-order valence-electron chi connectivity index (χ4n) is 0.725. The zero-order valence-corrected chi connectivity index (χ0v) is 8.39. The number of halogens is 1. The van der Waals surface area contributed by atoms with Gasteiger partial charge in [0.05, 0.1) is 5.69 Å². The van der Waals surface area contributed by atoms with Gasteiger partial charge in [-0.25, -0.2) is 0 Å². The number of rotatable bonds is 1. The monoisotopic (exact) mass is 246 g/mol. The van der Waals surface area contributed by atoms with E-state index in [1.807, 2.05) is 6.92 Å². The number of aryl methyl sites for hydroxylation is 1. The molecule has 0 spiro atoms. The molecule has 12 heavy (non-hydrogen) atoms. The van der Waals surface area contributed by atoms with Crippen molar-refractivity contribution in [3.8, 4) is 10.8 Å². The summed E-state index contributed by atoms with van der Waals surface area (Å²) in [6.07, 6.45) is 0. The van der Waals surface area contributed by atoms with Crippen molar-refractivity contribution in [2.24, 2.45) is 0 Å². The van der Waals surface area contributed by atoms with Crippen molar-refractivity contribution >= 4 is 27.5 Å². The van der Waals surface area contributed by atoms with E-state index in [0.717, 1.165) is 10.6 Å². The number of aromatic nitrogens is 4. The first-order chi connectivity index (χ1) is 5.77. The van der Waals surface area contributed by atoms with Crippen LogP contribution >= 0.6 is 27.5 Å². The minimum absolute atomic E-state index is 0.366. The normalized spacial score (nSPS) is 10.5. The van der Waals surface area contributed by atoms with Crippen LogP contribution in [0.5, 0.6) is 0 Å². The predicted octanol–water partition coefficient (Wildman–Crippen LogP) is 1.66. The zero-order valence-electron chi connectivity index (χ0n) is 5.98. The molecule has 0 saturated carbocycles. The van der Waals surface area contributed by atoms with E-state index in [1.165, 1.54) is 11.5 Å². The summed E-state index contributed by atoms with van der Waals surface area (Å²) in [5, 5.41) is 11.3. The van der Waals surface area contributed by atoms with E-state index >= 15 is 0 Å². The quantitative estimate of drug-likeness (QED) is 0.766. The Bertz CT molecular complexity index is 398. The summed E-state index contributed by atoms with van der Waals surface area (Å²) in [6, 6.07) is 0.